The zero-order valence-corrected chi connectivity index (χ0v) is 11.3. The molecule has 104 valence electrons. The second kappa shape index (κ2) is 6.88. The highest BCUT2D eigenvalue weighted by Crippen LogP contribution is 2.10. The van der Waals surface area contributed by atoms with Gasteiger partial charge in [0.15, 0.2) is 0 Å². The maximum absolute atomic E-state index is 11.8. The van der Waals surface area contributed by atoms with Gasteiger partial charge in [-0.3, -0.25) is 4.79 Å². The van der Waals surface area contributed by atoms with Crippen LogP contribution in [0.25, 0.3) is 0 Å². The molecule has 0 fully saturated rings. The minimum Gasteiger partial charge on any atom is -0.326 e. The van der Waals surface area contributed by atoms with Crippen LogP contribution in [0.15, 0.2) is 36.7 Å². The largest absolute Gasteiger partial charge is 0.326 e. The number of nitrogens with one attached hydrogen (secondary N) is 1. The van der Waals surface area contributed by atoms with E-state index in [9.17, 15) is 4.79 Å². The van der Waals surface area contributed by atoms with E-state index in [1.165, 1.54) is 0 Å². The monoisotopic (exact) mass is 279 g/mol. The lowest BCUT2D eigenvalue weighted by molar-refractivity contribution is -0.116. The van der Waals surface area contributed by atoms with Crippen LogP contribution >= 0.6 is 0 Å². The standard InChI is InChI=1S/C15H13N5O/c16-10-12-3-1-4-13(9-12)19-15(21)5-2-7-20-8-6-18-14(20)11-17/h1,3-4,6,8-9H,2,5,7H2,(H,19,21). The van der Waals surface area contributed by atoms with Crippen molar-refractivity contribution >= 4 is 11.6 Å². The van der Waals surface area contributed by atoms with Crippen molar-refractivity contribution in [3.8, 4) is 12.1 Å². The van der Waals surface area contributed by atoms with Gasteiger partial charge in [-0.25, -0.2) is 4.98 Å². The summed E-state index contributed by atoms with van der Waals surface area (Å²) < 4.78 is 1.71. The predicted molar refractivity (Wildman–Crippen MR) is 76.0 cm³/mol. The smallest absolute Gasteiger partial charge is 0.224 e. The van der Waals surface area contributed by atoms with Gasteiger partial charge < -0.3 is 9.88 Å². The van der Waals surface area contributed by atoms with E-state index in [1.54, 1.807) is 41.2 Å². The lowest BCUT2D eigenvalue weighted by Crippen LogP contribution is -2.12. The van der Waals surface area contributed by atoms with Crippen LogP contribution in [0.5, 0.6) is 0 Å². The minimum atomic E-state index is -0.122. The first-order valence-corrected chi connectivity index (χ1v) is 6.44. The quantitative estimate of drug-likeness (QED) is 0.906. The van der Waals surface area contributed by atoms with Gasteiger partial charge in [-0.15, -0.1) is 0 Å². The summed E-state index contributed by atoms with van der Waals surface area (Å²) in [6, 6.07) is 10.8. The van der Waals surface area contributed by atoms with E-state index >= 15 is 0 Å². The van der Waals surface area contributed by atoms with Gasteiger partial charge in [0, 0.05) is 31.0 Å². The van der Waals surface area contributed by atoms with Crippen LogP contribution in [0, 0.1) is 22.7 Å². The third kappa shape index (κ3) is 3.92. The number of benzene rings is 1. The van der Waals surface area contributed by atoms with E-state index in [0.29, 0.717) is 36.5 Å². The van der Waals surface area contributed by atoms with Crippen molar-refractivity contribution in [1.29, 1.82) is 10.5 Å². The molecule has 6 nitrogen and oxygen atoms in total. The van der Waals surface area contributed by atoms with E-state index < -0.39 is 0 Å². The van der Waals surface area contributed by atoms with Crippen molar-refractivity contribution in [1.82, 2.24) is 9.55 Å². The van der Waals surface area contributed by atoms with Gasteiger partial charge >= 0.3 is 0 Å². The normalized spacial score (nSPS) is 9.62. The van der Waals surface area contributed by atoms with Crippen molar-refractivity contribution in [2.24, 2.45) is 0 Å². The fourth-order valence-electron chi connectivity index (χ4n) is 1.90. The molecule has 0 bridgehead atoms. The molecular weight excluding hydrogens is 266 g/mol. The summed E-state index contributed by atoms with van der Waals surface area (Å²) in [5.74, 6) is 0.223. The van der Waals surface area contributed by atoms with Gasteiger partial charge in [0.05, 0.1) is 11.6 Å². The molecule has 0 spiro atoms. The molecule has 0 radical (unpaired) electrons. The first kappa shape index (κ1) is 14.3. The molecule has 0 saturated carbocycles. The average molecular weight is 279 g/mol. The molecule has 0 aliphatic heterocycles. The topological polar surface area (TPSA) is 94.5 Å². The number of nitrogens with zero attached hydrogens (tertiary/aromatic N) is 4. The number of aryl methyl sites for hydroxylation is 1. The molecule has 1 heterocycles. The van der Waals surface area contributed by atoms with E-state index in [2.05, 4.69) is 10.3 Å². The van der Waals surface area contributed by atoms with E-state index in [0.717, 1.165) is 0 Å². The Bertz CT molecular complexity index is 720. The van der Waals surface area contributed by atoms with Gasteiger partial charge in [0.1, 0.15) is 6.07 Å². The lowest BCUT2D eigenvalue weighted by Gasteiger charge is -2.06. The fourth-order valence-corrected chi connectivity index (χ4v) is 1.90. The van der Waals surface area contributed by atoms with Crippen LogP contribution < -0.4 is 5.32 Å². The molecule has 0 atom stereocenters. The second-order valence-corrected chi connectivity index (χ2v) is 4.40. The maximum atomic E-state index is 11.8. The molecule has 0 aliphatic carbocycles. The van der Waals surface area contributed by atoms with Crippen molar-refractivity contribution in [2.75, 3.05) is 5.32 Å². The Morgan fingerprint density at radius 2 is 2.19 bits per heavy atom. The Morgan fingerprint density at radius 1 is 1.33 bits per heavy atom. The molecule has 1 aromatic carbocycles. The predicted octanol–water partition coefficient (Wildman–Crippen LogP) is 2.05. The van der Waals surface area contributed by atoms with Crippen LogP contribution in [-0.4, -0.2) is 15.5 Å². The molecule has 1 amide bonds. The molecule has 0 unspecified atom stereocenters. The SMILES string of the molecule is N#Cc1cccc(NC(=O)CCCn2ccnc2C#N)c1. The number of anilines is 1. The number of aromatic nitrogens is 2. The van der Waals surface area contributed by atoms with Crippen molar-refractivity contribution in [3.05, 3.63) is 48.0 Å². The summed E-state index contributed by atoms with van der Waals surface area (Å²) in [7, 11) is 0. The average Bonchev–Trinajstić information content (AvgIpc) is 2.95. The van der Waals surface area contributed by atoms with Crippen molar-refractivity contribution in [2.45, 2.75) is 19.4 Å². The fraction of sp³-hybridized carbons (Fsp3) is 0.200. The maximum Gasteiger partial charge on any atom is 0.224 e. The van der Waals surface area contributed by atoms with E-state index in [1.807, 2.05) is 12.1 Å². The van der Waals surface area contributed by atoms with Crippen LogP contribution in [0.4, 0.5) is 5.69 Å². The number of nitriles is 2. The highest BCUT2D eigenvalue weighted by atomic mass is 16.1. The molecular formula is C15H13N5O. The third-order valence-electron chi connectivity index (χ3n) is 2.89. The summed E-state index contributed by atoms with van der Waals surface area (Å²) in [4.78, 5) is 15.7. The molecule has 21 heavy (non-hydrogen) atoms. The number of rotatable bonds is 5. The number of carbonyl (C=O) groups is 1. The first-order chi connectivity index (χ1) is 10.2. The number of hydrogen-bond acceptors (Lipinski definition) is 4. The molecule has 0 aliphatic rings. The zero-order valence-electron chi connectivity index (χ0n) is 11.3. The molecule has 1 N–H and O–H groups in total. The number of carbonyl (C=O) groups excluding carboxylic acids is 1. The van der Waals surface area contributed by atoms with Crippen LogP contribution in [0.2, 0.25) is 0 Å². The molecule has 6 heteroatoms. The van der Waals surface area contributed by atoms with Gasteiger partial charge in [0.25, 0.3) is 0 Å². The summed E-state index contributed by atoms with van der Waals surface area (Å²) >= 11 is 0. The molecule has 2 aromatic rings. The Labute approximate surface area is 122 Å². The third-order valence-corrected chi connectivity index (χ3v) is 2.89. The summed E-state index contributed by atoms with van der Waals surface area (Å²) in [6.07, 6.45) is 4.22. The van der Waals surface area contributed by atoms with Crippen molar-refractivity contribution in [3.63, 3.8) is 0 Å². The molecule has 1 aromatic heterocycles. The summed E-state index contributed by atoms with van der Waals surface area (Å²) in [5.41, 5.74) is 1.12. The molecule has 0 saturated heterocycles. The Hall–Kier alpha value is -3.12. The minimum absolute atomic E-state index is 0.122. The number of imidazole rings is 1. The molecule has 2 rings (SSSR count). The van der Waals surface area contributed by atoms with Crippen molar-refractivity contribution < 1.29 is 4.79 Å². The number of hydrogen-bond donors (Lipinski definition) is 1. The van der Waals surface area contributed by atoms with E-state index in [-0.39, 0.29) is 5.91 Å². The van der Waals surface area contributed by atoms with Crippen LogP contribution in [0.1, 0.15) is 24.2 Å². The Morgan fingerprint density at radius 3 is 2.95 bits per heavy atom. The Balaban J connectivity index is 1.83. The van der Waals surface area contributed by atoms with Crippen LogP contribution in [0.3, 0.4) is 0 Å². The van der Waals surface area contributed by atoms with Crippen LogP contribution in [-0.2, 0) is 11.3 Å². The van der Waals surface area contributed by atoms with E-state index in [4.69, 9.17) is 10.5 Å². The number of amides is 1. The van der Waals surface area contributed by atoms with Gasteiger partial charge in [-0.05, 0) is 24.6 Å². The second-order valence-electron chi connectivity index (χ2n) is 4.40. The highest BCUT2D eigenvalue weighted by molar-refractivity contribution is 5.90. The lowest BCUT2D eigenvalue weighted by atomic mass is 10.2. The Kier molecular flexibility index (Phi) is 4.68. The van der Waals surface area contributed by atoms with Gasteiger partial charge in [0.2, 0.25) is 11.7 Å². The zero-order chi connectivity index (χ0) is 15.1. The summed E-state index contributed by atoms with van der Waals surface area (Å²) in [5, 5.41) is 20.4. The van der Waals surface area contributed by atoms with Gasteiger partial charge in [-0.2, -0.15) is 10.5 Å². The van der Waals surface area contributed by atoms with Gasteiger partial charge in [-0.1, -0.05) is 6.07 Å². The highest BCUT2D eigenvalue weighted by Gasteiger charge is 2.05. The summed E-state index contributed by atoms with van der Waals surface area (Å²) in [6.45, 7) is 0.564. The first-order valence-electron chi connectivity index (χ1n) is 6.44.